The van der Waals surface area contributed by atoms with E-state index in [0.717, 1.165) is 10.8 Å². The van der Waals surface area contributed by atoms with Crippen LogP contribution in [-0.4, -0.2) is 18.3 Å². The summed E-state index contributed by atoms with van der Waals surface area (Å²) in [6, 6.07) is 0. The van der Waals surface area contributed by atoms with Crippen LogP contribution in [0.5, 0.6) is 0 Å². The van der Waals surface area contributed by atoms with Gasteiger partial charge in [-0.15, -0.1) is 11.3 Å². The van der Waals surface area contributed by atoms with E-state index in [1.807, 2.05) is 5.38 Å². The molecule has 0 saturated heterocycles. The van der Waals surface area contributed by atoms with E-state index in [0.29, 0.717) is 0 Å². The minimum atomic E-state index is 0.290. The molecule has 0 aliphatic carbocycles. The Morgan fingerprint density at radius 1 is 1.90 bits per heavy atom. The molecule has 3 nitrogen and oxygen atoms in total. The van der Waals surface area contributed by atoms with Gasteiger partial charge in [-0.05, 0) is 0 Å². The lowest BCUT2D eigenvalue weighted by molar-refractivity contribution is 0.554. The van der Waals surface area contributed by atoms with Gasteiger partial charge in [0.1, 0.15) is 0 Å². The number of hydrogen-bond donors (Lipinski definition) is 1. The molecule has 1 aromatic heterocycles. The largest absolute Gasteiger partial charge is 0.365 e. The van der Waals surface area contributed by atoms with E-state index in [9.17, 15) is 4.79 Å². The Hall–Kier alpha value is -0.900. The van der Waals surface area contributed by atoms with Crippen LogP contribution in [0.4, 0.5) is 5.13 Å². The number of aromatic nitrogens is 1. The third-order valence-corrected chi connectivity index (χ3v) is 1.93. The third kappa shape index (κ3) is 1.54. The van der Waals surface area contributed by atoms with Crippen molar-refractivity contribution >= 4 is 22.8 Å². The van der Waals surface area contributed by atoms with E-state index >= 15 is 0 Å². The molecule has 0 unspecified atom stereocenters. The Balaban J connectivity index is 2.67. The van der Waals surface area contributed by atoms with Crippen molar-refractivity contribution in [2.24, 2.45) is 0 Å². The normalized spacial score (nSPS) is 9.30. The van der Waals surface area contributed by atoms with Crippen molar-refractivity contribution in [3.05, 3.63) is 11.1 Å². The molecule has 1 heterocycles. The third-order valence-electron chi connectivity index (χ3n) is 1.02. The Kier molecular flexibility index (Phi) is 2.39. The summed E-state index contributed by atoms with van der Waals surface area (Å²) < 4.78 is 0. The molecule has 0 fully saturated rings. The molecule has 0 atom stereocenters. The van der Waals surface area contributed by atoms with Gasteiger partial charge in [-0.2, -0.15) is 0 Å². The second-order valence-corrected chi connectivity index (χ2v) is 2.57. The summed E-state index contributed by atoms with van der Waals surface area (Å²) in [4.78, 5) is 14.0. The van der Waals surface area contributed by atoms with E-state index < -0.39 is 0 Å². The fourth-order valence-electron chi connectivity index (χ4n) is 0.577. The van der Waals surface area contributed by atoms with Gasteiger partial charge in [0.2, 0.25) is 6.29 Å². The lowest BCUT2D eigenvalue weighted by Gasteiger charge is -1.86. The van der Waals surface area contributed by atoms with E-state index in [-0.39, 0.29) is 6.42 Å². The molecule has 53 valence electrons. The average molecular weight is 155 g/mol. The second-order valence-electron chi connectivity index (χ2n) is 1.72. The van der Waals surface area contributed by atoms with Crippen molar-refractivity contribution < 1.29 is 4.79 Å². The Morgan fingerprint density at radius 2 is 2.70 bits per heavy atom. The smallest absolute Gasteiger partial charge is 0.204 e. The molecule has 0 aliphatic heterocycles. The highest BCUT2D eigenvalue weighted by Gasteiger charge is 1.97. The molecule has 4 heteroatoms. The first-order valence-corrected chi connectivity index (χ1v) is 3.72. The zero-order valence-electron chi connectivity index (χ0n) is 5.55. The lowest BCUT2D eigenvalue weighted by Crippen LogP contribution is -1.88. The SMILES string of the molecule is CNc1nc(C[C]=O)cs1. The highest BCUT2D eigenvalue weighted by atomic mass is 32.1. The van der Waals surface area contributed by atoms with Crippen LogP contribution in [0, 0.1) is 0 Å². The zero-order valence-corrected chi connectivity index (χ0v) is 6.36. The number of nitrogens with zero attached hydrogens (tertiary/aromatic N) is 1. The highest BCUT2D eigenvalue weighted by molar-refractivity contribution is 7.13. The summed E-state index contributed by atoms with van der Waals surface area (Å²) in [7, 11) is 1.80. The van der Waals surface area contributed by atoms with Gasteiger partial charge < -0.3 is 5.32 Å². The minimum Gasteiger partial charge on any atom is -0.365 e. The number of rotatable bonds is 3. The Labute approximate surface area is 63.1 Å². The first kappa shape index (κ1) is 7.21. The van der Waals surface area contributed by atoms with Gasteiger partial charge in [-0.25, -0.2) is 4.98 Å². The van der Waals surface area contributed by atoms with E-state index in [1.165, 1.54) is 11.3 Å². The van der Waals surface area contributed by atoms with Crippen LogP contribution in [0.15, 0.2) is 5.38 Å². The lowest BCUT2D eigenvalue weighted by atomic mass is 10.4. The summed E-state index contributed by atoms with van der Waals surface area (Å²) >= 11 is 1.49. The van der Waals surface area contributed by atoms with Crippen LogP contribution in [-0.2, 0) is 11.2 Å². The molecule has 0 bridgehead atoms. The molecule has 1 rings (SSSR count). The van der Waals surface area contributed by atoms with Gasteiger partial charge in [0.25, 0.3) is 0 Å². The van der Waals surface area contributed by atoms with Crippen LogP contribution in [0.3, 0.4) is 0 Å². The average Bonchev–Trinajstić information content (AvgIpc) is 2.37. The van der Waals surface area contributed by atoms with Gasteiger partial charge in [0.15, 0.2) is 5.13 Å². The summed E-state index contributed by atoms with van der Waals surface area (Å²) in [6.45, 7) is 0. The van der Waals surface area contributed by atoms with E-state index in [2.05, 4.69) is 10.3 Å². The predicted molar refractivity (Wildman–Crippen MR) is 41.1 cm³/mol. The molecular formula is C6H7N2OS. The van der Waals surface area contributed by atoms with E-state index in [4.69, 9.17) is 0 Å². The van der Waals surface area contributed by atoms with Gasteiger partial charge in [0.05, 0.1) is 12.1 Å². The maximum atomic E-state index is 9.89. The van der Waals surface area contributed by atoms with Crippen molar-refractivity contribution in [1.82, 2.24) is 4.98 Å². The molecule has 1 N–H and O–H groups in total. The molecule has 0 spiro atoms. The summed E-state index contributed by atoms with van der Waals surface area (Å²) in [5.41, 5.74) is 0.782. The molecule has 0 amide bonds. The summed E-state index contributed by atoms with van der Waals surface area (Å²) in [5, 5.41) is 5.57. The van der Waals surface area contributed by atoms with Gasteiger partial charge in [0, 0.05) is 12.4 Å². The van der Waals surface area contributed by atoms with Crippen molar-refractivity contribution in [2.45, 2.75) is 6.42 Å². The molecule has 10 heavy (non-hydrogen) atoms. The predicted octanol–water partition coefficient (Wildman–Crippen LogP) is 0.837. The molecule has 0 aliphatic rings. The number of carbonyl (C=O) groups excluding carboxylic acids is 1. The first-order valence-electron chi connectivity index (χ1n) is 2.84. The summed E-state index contributed by atoms with van der Waals surface area (Å²) in [6.07, 6.45) is 2.08. The number of hydrogen-bond acceptors (Lipinski definition) is 4. The minimum absolute atomic E-state index is 0.290. The van der Waals surface area contributed by atoms with Crippen LogP contribution in [0.2, 0.25) is 0 Å². The summed E-state index contributed by atoms with van der Waals surface area (Å²) in [5.74, 6) is 0. The molecule has 0 aromatic carbocycles. The molecule has 0 saturated carbocycles. The van der Waals surface area contributed by atoms with Crippen LogP contribution in [0.25, 0.3) is 0 Å². The molecule has 1 radical (unpaired) electrons. The standard InChI is InChI=1S/C6H7N2OS/c1-7-6-8-5(2-3-9)4-10-6/h4H,2H2,1H3,(H,7,8). The number of anilines is 1. The number of nitrogens with one attached hydrogen (secondary N) is 1. The van der Waals surface area contributed by atoms with Crippen molar-refractivity contribution in [3.63, 3.8) is 0 Å². The van der Waals surface area contributed by atoms with Crippen LogP contribution >= 0.6 is 11.3 Å². The fraction of sp³-hybridized carbons (Fsp3) is 0.333. The van der Waals surface area contributed by atoms with Crippen LogP contribution in [0.1, 0.15) is 5.69 Å². The first-order chi connectivity index (χ1) is 4.86. The van der Waals surface area contributed by atoms with Crippen molar-refractivity contribution in [2.75, 3.05) is 12.4 Å². The second kappa shape index (κ2) is 3.31. The maximum Gasteiger partial charge on any atom is 0.204 e. The van der Waals surface area contributed by atoms with Gasteiger partial charge in [-0.1, -0.05) is 0 Å². The Bertz CT molecular complexity index is 221. The number of thiazole rings is 1. The van der Waals surface area contributed by atoms with Gasteiger partial charge >= 0.3 is 0 Å². The highest BCUT2D eigenvalue weighted by Crippen LogP contribution is 2.13. The zero-order chi connectivity index (χ0) is 7.40. The van der Waals surface area contributed by atoms with Crippen molar-refractivity contribution in [1.29, 1.82) is 0 Å². The maximum absolute atomic E-state index is 9.89. The topological polar surface area (TPSA) is 42.0 Å². The van der Waals surface area contributed by atoms with Gasteiger partial charge in [-0.3, -0.25) is 4.79 Å². The quantitative estimate of drug-likeness (QED) is 0.703. The monoisotopic (exact) mass is 155 g/mol. The van der Waals surface area contributed by atoms with Crippen molar-refractivity contribution in [3.8, 4) is 0 Å². The van der Waals surface area contributed by atoms with Crippen LogP contribution < -0.4 is 5.32 Å². The fourth-order valence-corrected chi connectivity index (χ4v) is 1.25. The Morgan fingerprint density at radius 3 is 3.20 bits per heavy atom. The van der Waals surface area contributed by atoms with E-state index in [1.54, 1.807) is 13.3 Å². The molecular weight excluding hydrogens is 148 g/mol. The molecule has 1 aromatic rings.